The van der Waals surface area contributed by atoms with E-state index < -0.39 is 11.7 Å². The molecule has 1 fully saturated rings. The van der Waals surface area contributed by atoms with E-state index in [4.69, 9.17) is 0 Å². The number of alkyl halides is 3. The lowest BCUT2D eigenvalue weighted by Gasteiger charge is -2.19. The van der Waals surface area contributed by atoms with Gasteiger partial charge in [-0.25, -0.2) is 0 Å². The van der Waals surface area contributed by atoms with Crippen LogP contribution in [-0.2, 0) is 6.18 Å². The zero-order valence-corrected chi connectivity index (χ0v) is 9.80. The van der Waals surface area contributed by atoms with Crippen LogP contribution in [0.5, 0.6) is 0 Å². The van der Waals surface area contributed by atoms with Gasteiger partial charge in [0.05, 0.1) is 5.56 Å². The minimum atomic E-state index is -4.25. The Morgan fingerprint density at radius 3 is 2.71 bits per heavy atom. The third kappa shape index (κ3) is 2.73. The Labute approximate surface area is 99.2 Å². The van der Waals surface area contributed by atoms with Crippen LogP contribution < -0.4 is 4.90 Å². The molecule has 1 saturated heterocycles. The number of nitrogens with zero attached hydrogens (tertiary/aromatic N) is 1. The summed E-state index contributed by atoms with van der Waals surface area (Å²) in [7, 11) is 0. The van der Waals surface area contributed by atoms with Crippen LogP contribution in [0.4, 0.5) is 18.9 Å². The summed E-state index contributed by atoms with van der Waals surface area (Å²) < 4.78 is 37.7. The highest BCUT2D eigenvalue weighted by atomic mass is 19.4. The first kappa shape index (κ1) is 12.3. The third-order valence-electron chi connectivity index (χ3n) is 3.40. The maximum absolute atomic E-state index is 12.6. The number of hydrogen-bond donors (Lipinski definition) is 0. The molecule has 2 rings (SSSR count). The minimum absolute atomic E-state index is 0.560. The fourth-order valence-electron chi connectivity index (χ4n) is 2.28. The first-order valence-electron chi connectivity index (χ1n) is 5.93. The summed E-state index contributed by atoms with van der Waals surface area (Å²) in [6.45, 7) is 3.86. The van der Waals surface area contributed by atoms with Crippen molar-refractivity contribution in [3.63, 3.8) is 0 Å². The number of rotatable bonds is 2. The molecule has 1 aromatic rings. The van der Waals surface area contributed by atoms with Gasteiger partial charge in [-0.3, -0.25) is 0 Å². The highest BCUT2D eigenvalue weighted by Gasteiger charge is 2.31. The quantitative estimate of drug-likeness (QED) is 0.760. The van der Waals surface area contributed by atoms with Gasteiger partial charge in [0.25, 0.3) is 0 Å². The van der Waals surface area contributed by atoms with Crippen molar-refractivity contribution in [1.29, 1.82) is 0 Å². The molecule has 0 aliphatic carbocycles. The van der Waals surface area contributed by atoms with Crippen molar-refractivity contribution in [3.8, 4) is 0 Å². The van der Waals surface area contributed by atoms with E-state index in [9.17, 15) is 13.2 Å². The predicted octanol–water partition coefficient (Wildman–Crippen LogP) is 3.94. The number of hydrogen-bond acceptors (Lipinski definition) is 1. The summed E-state index contributed by atoms with van der Waals surface area (Å²) in [6, 6.07) is 5.61. The summed E-state index contributed by atoms with van der Waals surface area (Å²) in [5.41, 5.74) is 0.130. The van der Waals surface area contributed by atoms with E-state index in [1.165, 1.54) is 12.1 Å². The van der Waals surface area contributed by atoms with E-state index in [2.05, 4.69) is 6.92 Å². The normalized spacial score (nSPS) is 20.9. The molecule has 0 aromatic heterocycles. The van der Waals surface area contributed by atoms with Crippen molar-refractivity contribution >= 4 is 5.69 Å². The van der Waals surface area contributed by atoms with E-state index in [1.54, 1.807) is 6.07 Å². The summed E-state index contributed by atoms with van der Waals surface area (Å²) in [5.74, 6) is 0.615. The Morgan fingerprint density at radius 2 is 2.12 bits per heavy atom. The topological polar surface area (TPSA) is 3.24 Å². The van der Waals surface area contributed by atoms with E-state index in [-0.39, 0.29) is 0 Å². The standard InChI is InChI=1S/C13H16F3N/c1-2-10-6-7-17(9-10)12-5-3-4-11(8-12)13(14,15)16/h3-5,8,10H,2,6-7,9H2,1H3. The average molecular weight is 243 g/mol. The van der Waals surface area contributed by atoms with Gasteiger partial charge in [0.1, 0.15) is 0 Å². The molecule has 94 valence electrons. The molecule has 1 aliphatic rings. The van der Waals surface area contributed by atoms with Crippen molar-refractivity contribution < 1.29 is 13.2 Å². The molecule has 0 spiro atoms. The highest BCUT2D eigenvalue weighted by molar-refractivity contribution is 5.50. The summed E-state index contributed by atoms with van der Waals surface area (Å²) >= 11 is 0. The molecule has 0 amide bonds. The van der Waals surface area contributed by atoms with Crippen molar-refractivity contribution in [2.45, 2.75) is 25.9 Å². The molecule has 1 aromatic carbocycles. The van der Waals surface area contributed by atoms with Crippen LogP contribution in [0, 0.1) is 5.92 Å². The van der Waals surface area contributed by atoms with Crippen LogP contribution in [0.3, 0.4) is 0 Å². The Morgan fingerprint density at radius 1 is 1.35 bits per heavy atom. The van der Waals surface area contributed by atoms with Gasteiger partial charge < -0.3 is 4.90 Å². The fraction of sp³-hybridized carbons (Fsp3) is 0.538. The molecule has 1 heterocycles. The monoisotopic (exact) mass is 243 g/mol. The van der Waals surface area contributed by atoms with Crippen LogP contribution in [0.25, 0.3) is 0 Å². The summed E-state index contributed by atoms with van der Waals surface area (Å²) in [4.78, 5) is 2.05. The number of anilines is 1. The SMILES string of the molecule is CCC1CCN(c2cccc(C(F)(F)F)c2)C1. The lowest BCUT2D eigenvalue weighted by Crippen LogP contribution is -2.20. The molecular formula is C13H16F3N. The van der Waals surface area contributed by atoms with Crippen molar-refractivity contribution in [1.82, 2.24) is 0 Å². The second kappa shape index (κ2) is 4.59. The molecule has 0 N–H and O–H groups in total. The Balaban J connectivity index is 2.17. The molecule has 4 heteroatoms. The Hall–Kier alpha value is -1.19. The Kier molecular flexibility index (Phi) is 3.31. The van der Waals surface area contributed by atoms with E-state index in [0.29, 0.717) is 11.6 Å². The zero-order valence-electron chi connectivity index (χ0n) is 9.80. The molecule has 0 saturated carbocycles. The van der Waals surface area contributed by atoms with Gasteiger partial charge in [0.2, 0.25) is 0 Å². The lowest BCUT2D eigenvalue weighted by molar-refractivity contribution is -0.137. The first-order chi connectivity index (χ1) is 8.00. The Bertz CT molecular complexity index is 386. The van der Waals surface area contributed by atoms with Crippen molar-refractivity contribution in [2.24, 2.45) is 5.92 Å². The first-order valence-corrected chi connectivity index (χ1v) is 5.93. The van der Waals surface area contributed by atoms with Gasteiger partial charge in [0, 0.05) is 18.8 Å². The van der Waals surface area contributed by atoms with Crippen LogP contribution >= 0.6 is 0 Å². The van der Waals surface area contributed by atoms with Gasteiger partial charge in [0.15, 0.2) is 0 Å². The predicted molar refractivity (Wildman–Crippen MR) is 62.1 cm³/mol. The van der Waals surface area contributed by atoms with Crippen molar-refractivity contribution in [3.05, 3.63) is 29.8 Å². The fourth-order valence-corrected chi connectivity index (χ4v) is 2.28. The van der Waals surface area contributed by atoms with Crippen LogP contribution in [0.15, 0.2) is 24.3 Å². The molecule has 1 atom stereocenters. The number of benzene rings is 1. The van der Waals surface area contributed by atoms with E-state index in [1.807, 2.05) is 4.90 Å². The second-order valence-electron chi connectivity index (χ2n) is 4.56. The molecule has 0 radical (unpaired) electrons. The molecule has 1 aliphatic heterocycles. The summed E-state index contributed by atoms with van der Waals surface area (Å²) in [6.07, 6.45) is -2.08. The molecular weight excluding hydrogens is 227 g/mol. The van der Waals surface area contributed by atoms with Gasteiger partial charge in [-0.05, 0) is 30.5 Å². The van der Waals surface area contributed by atoms with Gasteiger partial charge in [-0.1, -0.05) is 19.4 Å². The second-order valence-corrected chi connectivity index (χ2v) is 4.56. The molecule has 1 nitrogen and oxygen atoms in total. The van der Waals surface area contributed by atoms with Crippen LogP contribution in [-0.4, -0.2) is 13.1 Å². The lowest BCUT2D eigenvalue weighted by atomic mass is 10.1. The van der Waals surface area contributed by atoms with Gasteiger partial charge in [-0.15, -0.1) is 0 Å². The number of halogens is 3. The van der Waals surface area contributed by atoms with Gasteiger partial charge >= 0.3 is 6.18 Å². The zero-order chi connectivity index (χ0) is 12.5. The maximum Gasteiger partial charge on any atom is 0.416 e. The smallest absolute Gasteiger partial charge is 0.371 e. The molecule has 1 unspecified atom stereocenters. The molecule has 0 bridgehead atoms. The van der Waals surface area contributed by atoms with Crippen LogP contribution in [0.2, 0.25) is 0 Å². The van der Waals surface area contributed by atoms with Gasteiger partial charge in [-0.2, -0.15) is 13.2 Å². The largest absolute Gasteiger partial charge is 0.416 e. The van der Waals surface area contributed by atoms with E-state index >= 15 is 0 Å². The highest BCUT2D eigenvalue weighted by Crippen LogP contribution is 2.33. The van der Waals surface area contributed by atoms with E-state index in [0.717, 1.165) is 32.0 Å². The van der Waals surface area contributed by atoms with Crippen LogP contribution in [0.1, 0.15) is 25.3 Å². The average Bonchev–Trinajstić information content (AvgIpc) is 2.76. The van der Waals surface area contributed by atoms with Crippen molar-refractivity contribution in [2.75, 3.05) is 18.0 Å². The third-order valence-corrected chi connectivity index (χ3v) is 3.40. The maximum atomic E-state index is 12.6. The minimum Gasteiger partial charge on any atom is -0.371 e. The summed E-state index contributed by atoms with van der Waals surface area (Å²) in [5, 5.41) is 0. The molecule has 17 heavy (non-hydrogen) atoms.